The quantitative estimate of drug-likeness (QED) is 0.456. The van der Waals surface area contributed by atoms with E-state index in [1.165, 1.54) is 6.42 Å². The Labute approximate surface area is 160 Å². The largest absolute Gasteiger partial charge is 0.496 e. The van der Waals surface area contributed by atoms with E-state index in [4.69, 9.17) is 15.3 Å². The molecule has 146 valence electrons. The van der Waals surface area contributed by atoms with E-state index in [0.29, 0.717) is 17.2 Å². The Morgan fingerprint density at radius 2 is 2.07 bits per heavy atom. The van der Waals surface area contributed by atoms with Crippen molar-refractivity contribution in [2.75, 3.05) is 13.7 Å². The first-order valence-electron chi connectivity index (χ1n) is 9.24. The molecule has 2 unspecified atom stereocenters. The molecule has 3 rings (SSSR count). The third-order valence-electron chi connectivity index (χ3n) is 6.57. The Balaban J connectivity index is 1.55. The van der Waals surface area contributed by atoms with E-state index in [2.05, 4.69) is 36.5 Å². The van der Waals surface area contributed by atoms with Gasteiger partial charge in [0.25, 0.3) is 5.91 Å². The van der Waals surface area contributed by atoms with Crippen LogP contribution >= 0.6 is 0 Å². The number of nitrogens with two attached hydrogens (primary N) is 1. The molecule has 2 bridgehead atoms. The van der Waals surface area contributed by atoms with Crippen LogP contribution < -0.4 is 15.9 Å². The van der Waals surface area contributed by atoms with Gasteiger partial charge >= 0.3 is 0 Å². The first-order chi connectivity index (χ1) is 12.8. The molecule has 1 aromatic carbocycles. The molecule has 0 heterocycles. The predicted molar refractivity (Wildman–Crippen MR) is 104 cm³/mol. The van der Waals surface area contributed by atoms with Crippen molar-refractivity contribution in [2.45, 2.75) is 40.0 Å². The molecular weight excluding hydrogens is 344 g/mol. The fourth-order valence-corrected chi connectivity index (χ4v) is 4.33. The Bertz CT molecular complexity index is 787. The van der Waals surface area contributed by atoms with Gasteiger partial charge in [0.2, 0.25) is 0 Å². The second-order valence-electron chi connectivity index (χ2n) is 8.04. The maximum absolute atomic E-state index is 12.0. The van der Waals surface area contributed by atoms with Gasteiger partial charge in [-0.3, -0.25) is 4.79 Å². The van der Waals surface area contributed by atoms with Crippen molar-refractivity contribution in [3.63, 3.8) is 0 Å². The molecule has 0 aromatic heterocycles. The molecule has 0 spiro atoms. The first kappa shape index (κ1) is 19.2. The van der Waals surface area contributed by atoms with Crippen molar-refractivity contribution in [1.29, 1.82) is 0 Å². The van der Waals surface area contributed by atoms with Crippen molar-refractivity contribution < 1.29 is 14.4 Å². The van der Waals surface area contributed by atoms with E-state index in [1.807, 2.05) is 12.1 Å². The monoisotopic (exact) mass is 372 g/mol. The summed E-state index contributed by atoms with van der Waals surface area (Å²) >= 11 is 0. The molecule has 2 aliphatic rings. The minimum absolute atomic E-state index is 0.0538. The zero-order chi connectivity index (χ0) is 19.7. The summed E-state index contributed by atoms with van der Waals surface area (Å²) in [4.78, 5) is 17.1. The highest BCUT2D eigenvalue weighted by atomic mass is 16.6. The molecule has 0 radical (unpaired) electrons. The van der Waals surface area contributed by atoms with Gasteiger partial charge in [0, 0.05) is 11.1 Å². The topological polar surface area (TPSA) is 98.3 Å². The number of amides is 1. The van der Waals surface area contributed by atoms with Crippen molar-refractivity contribution in [1.82, 2.24) is 5.43 Å². The van der Waals surface area contributed by atoms with Gasteiger partial charge in [0.15, 0.2) is 12.4 Å². The molecular formula is C20H28N4O3. The Morgan fingerprint density at radius 1 is 1.33 bits per heavy atom. The Kier molecular flexibility index (Phi) is 5.13. The fourth-order valence-electron chi connectivity index (χ4n) is 4.33. The molecule has 7 heteroatoms. The smallest absolute Gasteiger partial charge is 0.280 e. The number of methoxy groups -OCH3 is 1. The highest BCUT2D eigenvalue weighted by Gasteiger charge is 2.59. The molecule has 1 aromatic rings. The van der Waals surface area contributed by atoms with Gasteiger partial charge in [-0.2, -0.15) is 5.10 Å². The van der Waals surface area contributed by atoms with E-state index < -0.39 is 0 Å². The number of amidine groups is 1. The maximum atomic E-state index is 12.0. The first-order valence-corrected chi connectivity index (χ1v) is 9.24. The van der Waals surface area contributed by atoms with Crippen LogP contribution in [0, 0.1) is 16.7 Å². The lowest BCUT2D eigenvalue weighted by atomic mass is 9.70. The van der Waals surface area contributed by atoms with Gasteiger partial charge in [-0.15, -0.1) is 0 Å². The molecule has 2 atom stereocenters. The van der Waals surface area contributed by atoms with Gasteiger partial charge in [-0.05, 0) is 42.7 Å². The number of carbonyl (C=O) groups is 1. The van der Waals surface area contributed by atoms with Gasteiger partial charge < -0.3 is 15.3 Å². The molecule has 1 amide bonds. The number of hydrogen-bond donors (Lipinski definition) is 2. The van der Waals surface area contributed by atoms with Crippen molar-refractivity contribution in [2.24, 2.45) is 32.7 Å². The summed E-state index contributed by atoms with van der Waals surface area (Å²) in [6, 6.07) is 7.20. The van der Waals surface area contributed by atoms with Crippen LogP contribution in [0.4, 0.5) is 0 Å². The third kappa shape index (κ3) is 3.38. The number of hydrazone groups is 1. The number of benzene rings is 1. The van der Waals surface area contributed by atoms with Crippen LogP contribution in [0.3, 0.4) is 0 Å². The number of fused-ring (bicyclic) bond motifs is 2. The Hall–Kier alpha value is -2.57. The lowest BCUT2D eigenvalue weighted by Gasteiger charge is -2.34. The normalized spacial score (nSPS) is 27.6. The van der Waals surface area contributed by atoms with Crippen molar-refractivity contribution in [3.8, 4) is 5.75 Å². The highest BCUT2D eigenvalue weighted by molar-refractivity contribution is 5.99. The number of para-hydroxylation sites is 1. The van der Waals surface area contributed by atoms with E-state index >= 15 is 0 Å². The van der Waals surface area contributed by atoms with Gasteiger partial charge in [-0.1, -0.05) is 38.1 Å². The van der Waals surface area contributed by atoms with Crippen LogP contribution in [0.5, 0.6) is 5.75 Å². The van der Waals surface area contributed by atoms with Crippen LogP contribution in [0.15, 0.2) is 34.5 Å². The third-order valence-corrected chi connectivity index (χ3v) is 6.57. The van der Waals surface area contributed by atoms with Crippen LogP contribution in [0.1, 0.15) is 45.6 Å². The number of nitrogens with zero attached hydrogens (tertiary/aromatic N) is 2. The summed E-state index contributed by atoms with van der Waals surface area (Å²) in [6.07, 6.45) is 3.30. The fraction of sp³-hybridized carbons (Fsp3) is 0.550. The van der Waals surface area contributed by atoms with E-state index in [-0.39, 0.29) is 29.2 Å². The minimum Gasteiger partial charge on any atom is -0.496 e. The average Bonchev–Trinajstić information content (AvgIpc) is 2.99. The van der Waals surface area contributed by atoms with Crippen LogP contribution in [-0.2, 0) is 9.63 Å². The molecule has 3 N–H and O–H groups in total. The van der Waals surface area contributed by atoms with E-state index in [9.17, 15) is 4.79 Å². The zero-order valence-corrected chi connectivity index (χ0v) is 16.4. The second-order valence-corrected chi connectivity index (χ2v) is 8.04. The molecule has 0 aliphatic heterocycles. The van der Waals surface area contributed by atoms with Gasteiger partial charge in [0.05, 0.1) is 12.7 Å². The lowest BCUT2D eigenvalue weighted by molar-refractivity contribution is -0.125. The lowest BCUT2D eigenvalue weighted by Crippen LogP contribution is -2.34. The van der Waals surface area contributed by atoms with Crippen molar-refractivity contribution in [3.05, 3.63) is 29.8 Å². The summed E-state index contributed by atoms with van der Waals surface area (Å²) in [7, 11) is 1.55. The standard InChI is InChI=1S/C20H28N4O3/c1-19(2)13-9-10-20(19,3)16(11-13)22-23-17(25)12-27-24-18(21)14-7-5-6-8-15(14)26-4/h5-8,13H,9-12H2,1-4H3,(H2,21,24)(H,23,25)/b22-16+. The summed E-state index contributed by atoms with van der Waals surface area (Å²) in [5, 5.41) is 8.20. The molecule has 27 heavy (non-hydrogen) atoms. The number of oxime groups is 1. The summed E-state index contributed by atoms with van der Waals surface area (Å²) < 4.78 is 5.23. The molecule has 2 fully saturated rings. The highest BCUT2D eigenvalue weighted by Crippen LogP contribution is 2.63. The zero-order valence-electron chi connectivity index (χ0n) is 16.4. The Morgan fingerprint density at radius 3 is 2.70 bits per heavy atom. The molecule has 7 nitrogen and oxygen atoms in total. The van der Waals surface area contributed by atoms with Crippen LogP contribution in [-0.4, -0.2) is 31.2 Å². The van der Waals surface area contributed by atoms with E-state index in [0.717, 1.165) is 18.6 Å². The van der Waals surface area contributed by atoms with Crippen molar-refractivity contribution >= 4 is 17.5 Å². The second kappa shape index (κ2) is 7.21. The van der Waals surface area contributed by atoms with Gasteiger partial charge in [0.1, 0.15) is 5.75 Å². The molecule has 2 aliphatic carbocycles. The number of hydrogen-bond acceptors (Lipinski definition) is 5. The number of carbonyl (C=O) groups excluding carboxylic acids is 1. The number of ether oxygens (including phenoxy) is 1. The predicted octanol–water partition coefficient (Wildman–Crippen LogP) is 2.65. The van der Waals surface area contributed by atoms with Gasteiger partial charge in [-0.25, -0.2) is 5.43 Å². The molecule has 2 saturated carbocycles. The minimum atomic E-state index is -0.358. The summed E-state index contributed by atoms with van der Waals surface area (Å²) in [5.41, 5.74) is 10.5. The molecule has 0 saturated heterocycles. The number of rotatable bonds is 6. The average molecular weight is 372 g/mol. The number of nitrogens with one attached hydrogen (secondary N) is 1. The van der Waals surface area contributed by atoms with E-state index in [1.54, 1.807) is 19.2 Å². The summed E-state index contributed by atoms with van der Waals surface area (Å²) in [5.74, 6) is 1.02. The summed E-state index contributed by atoms with van der Waals surface area (Å²) in [6.45, 7) is 6.59. The van der Waals surface area contributed by atoms with Crippen LogP contribution in [0.2, 0.25) is 0 Å². The SMILES string of the molecule is COc1ccccc1/C(N)=N/OCC(=O)N/N=C1\CC2CCC1(C)C2(C)C. The maximum Gasteiger partial charge on any atom is 0.280 e. The van der Waals surface area contributed by atoms with Crippen LogP contribution in [0.25, 0.3) is 0 Å².